The van der Waals surface area contributed by atoms with E-state index in [1.807, 2.05) is 18.2 Å². The van der Waals surface area contributed by atoms with E-state index in [1.165, 1.54) is 12.0 Å². The molecule has 1 aliphatic heterocycles. The van der Waals surface area contributed by atoms with Crippen molar-refractivity contribution in [1.29, 1.82) is 0 Å². The molecule has 6 heteroatoms. The Hall–Kier alpha value is -1.92. The van der Waals surface area contributed by atoms with Gasteiger partial charge in [0.25, 0.3) is 0 Å². The molecule has 1 aromatic rings. The van der Waals surface area contributed by atoms with E-state index in [1.54, 1.807) is 0 Å². The fourth-order valence-corrected chi connectivity index (χ4v) is 4.02. The van der Waals surface area contributed by atoms with Crippen molar-refractivity contribution in [2.24, 2.45) is 0 Å². The van der Waals surface area contributed by atoms with E-state index < -0.39 is 11.8 Å². The molecule has 1 unspecified atom stereocenters. The van der Waals surface area contributed by atoms with Gasteiger partial charge in [-0.15, -0.1) is 0 Å². The zero-order chi connectivity index (χ0) is 19.6. The predicted octanol–water partition coefficient (Wildman–Crippen LogP) is 2.41. The van der Waals surface area contributed by atoms with Crippen LogP contribution in [0.15, 0.2) is 30.3 Å². The second kappa shape index (κ2) is 11.2. The van der Waals surface area contributed by atoms with Crippen LogP contribution in [0.25, 0.3) is 0 Å². The monoisotopic (exact) mass is 387 g/mol. The summed E-state index contributed by atoms with van der Waals surface area (Å²) < 4.78 is 5.90. The van der Waals surface area contributed by atoms with Gasteiger partial charge in [-0.3, -0.25) is 14.5 Å². The molecule has 0 spiro atoms. The number of amides is 2. The normalized spacial score (nSPS) is 21.2. The fraction of sp³-hybridized carbons (Fsp3) is 0.636. The van der Waals surface area contributed by atoms with Gasteiger partial charge in [0, 0.05) is 25.7 Å². The second-order valence-corrected chi connectivity index (χ2v) is 7.84. The fourth-order valence-electron chi connectivity index (χ4n) is 4.02. The lowest BCUT2D eigenvalue weighted by molar-refractivity contribution is -0.139. The van der Waals surface area contributed by atoms with Crippen molar-refractivity contribution in [3.63, 3.8) is 0 Å². The van der Waals surface area contributed by atoms with Gasteiger partial charge in [-0.1, -0.05) is 49.6 Å². The molecule has 1 atom stereocenters. The molecule has 154 valence electrons. The second-order valence-electron chi connectivity index (χ2n) is 7.84. The first-order valence-corrected chi connectivity index (χ1v) is 10.7. The van der Waals surface area contributed by atoms with Crippen molar-refractivity contribution in [2.45, 2.75) is 57.1 Å². The Labute approximate surface area is 168 Å². The minimum atomic E-state index is -0.499. The molecule has 28 heavy (non-hydrogen) atoms. The first-order valence-electron chi connectivity index (χ1n) is 10.7. The summed E-state index contributed by atoms with van der Waals surface area (Å²) in [6.45, 7) is 4.12. The first-order chi connectivity index (χ1) is 13.7. The van der Waals surface area contributed by atoms with Crippen molar-refractivity contribution >= 4 is 11.8 Å². The van der Waals surface area contributed by atoms with Crippen LogP contribution in [0.3, 0.4) is 0 Å². The molecule has 0 bridgehead atoms. The zero-order valence-electron chi connectivity index (χ0n) is 16.7. The molecule has 1 aromatic carbocycles. The van der Waals surface area contributed by atoms with E-state index in [0.717, 1.165) is 64.8 Å². The van der Waals surface area contributed by atoms with Crippen LogP contribution in [0.1, 0.15) is 56.6 Å². The molecule has 2 fully saturated rings. The molecule has 6 nitrogen and oxygen atoms in total. The van der Waals surface area contributed by atoms with Crippen molar-refractivity contribution in [2.75, 3.05) is 32.8 Å². The Kier molecular flexibility index (Phi) is 8.30. The summed E-state index contributed by atoms with van der Waals surface area (Å²) in [5.41, 5.74) is 1.23. The summed E-state index contributed by atoms with van der Waals surface area (Å²) in [7, 11) is 0. The number of rotatable bonds is 7. The Morgan fingerprint density at radius 1 is 1.04 bits per heavy atom. The quantitative estimate of drug-likeness (QED) is 0.557. The summed E-state index contributed by atoms with van der Waals surface area (Å²) in [4.78, 5) is 26.3. The van der Waals surface area contributed by atoms with Crippen LogP contribution in [0, 0.1) is 0 Å². The Bertz CT molecular complexity index is 617. The lowest BCUT2D eigenvalue weighted by Gasteiger charge is -2.33. The SMILES string of the molecule is O=C(NCCCCN1CCOC(c2ccccc2)C1)C(=O)NC1CCCCC1. The van der Waals surface area contributed by atoms with Crippen LogP contribution in [0.2, 0.25) is 0 Å². The molecule has 1 aliphatic carbocycles. The van der Waals surface area contributed by atoms with Gasteiger partial charge >= 0.3 is 11.8 Å². The molecule has 1 saturated heterocycles. The summed E-state index contributed by atoms with van der Waals surface area (Å²) in [5, 5.41) is 5.61. The summed E-state index contributed by atoms with van der Waals surface area (Å²) in [6.07, 6.45) is 7.48. The molecule has 2 aliphatic rings. The Morgan fingerprint density at radius 2 is 1.82 bits per heavy atom. The highest BCUT2D eigenvalue weighted by Gasteiger charge is 2.22. The minimum absolute atomic E-state index is 0.137. The van der Waals surface area contributed by atoms with Crippen LogP contribution in [0.5, 0.6) is 0 Å². The van der Waals surface area contributed by atoms with Gasteiger partial charge in [0.1, 0.15) is 0 Å². The number of hydrogen-bond acceptors (Lipinski definition) is 4. The number of carbonyl (C=O) groups is 2. The lowest BCUT2D eigenvalue weighted by atomic mass is 9.95. The van der Waals surface area contributed by atoms with E-state index in [2.05, 4.69) is 27.7 Å². The highest BCUT2D eigenvalue weighted by molar-refractivity contribution is 6.35. The Morgan fingerprint density at radius 3 is 2.61 bits per heavy atom. The number of unbranched alkanes of at least 4 members (excludes halogenated alkanes) is 1. The maximum atomic E-state index is 11.9. The maximum Gasteiger partial charge on any atom is 0.309 e. The van der Waals surface area contributed by atoms with Crippen LogP contribution < -0.4 is 10.6 Å². The minimum Gasteiger partial charge on any atom is -0.371 e. The number of nitrogens with one attached hydrogen (secondary N) is 2. The summed E-state index contributed by atoms with van der Waals surface area (Å²) in [6, 6.07) is 10.5. The van der Waals surface area contributed by atoms with Crippen molar-refractivity contribution in [3.8, 4) is 0 Å². The van der Waals surface area contributed by atoms with E-state index in [0.29, 0.717) is 6.54 Å². The van der Waals surface area contributed by atoms with Crippen LogP contribution >= 0.6 is 0 Å². The van der Waals surface area contributed by atoms with Crippen LogP contribution in [-0.2, 0) is 14.3 Å². The number of morpholine rings is 1. The molecular weight excluding hydrogens is 354 g/mol. The number of nitrogens with zero attached hydrogens (tertiary/aromatic N) is 1. The third kappa shape index (κ3) is 6.60. The first kappa shape index (κ1) is 20.8. The smallest absolute Gasteiger partial charge is 0.309 e. The van der Waals surface area contributed by atoms with Crippen LogP contribution in [0.4, 0.5) is 0 Å². The highest BCUT2D eigenvalue weighted by Crippen LogP contribution is 2.22. The largest absolute Gasteiger partial charge is 0.371 e. The van der Waals surface area contributed by atoms with Gasteiger partial charge in [0.15, 0.2) is 0 Å². The topological polar surface area (TPSA) is 70.7 Å². The van der Waals surface area contributed by atoms with Crippen molar-refractivity contribution in [1.82, 2.24) is 15.5 Å². The standard InChI is InChI=1S/C22H33N3O3/c26-21(22(27)24-19-11-5-2-6-12-19)23-13-7-8-14-25-15-16-28-20(17-25)18-9-3-1-4-10-18/h1,3-4,9-10,19-20H,2,5-8,11-17H2,(H,23,26)(H,24,27). The number of carbonyl (C=O) groups excluding carboxylic acids is 2. The highest BCUT2D eigenvalue weighted by atomic mass is 16.5. The lowest BCUT2D eigenvalue weighted by Crippen LogP contribution is -2.45. The van der Waals surface area contributed by atoms with Crippen molar-refractivity contribution < 1.29 is 14.3 Å². The Balaban J connectivity index is 1.28. The van der Waals surface area contributed by atoms with E-state index in [-0.39, 0.29) is 12.1 Å². The third-order valence-corrected chi connectivity index (χ3v) is 5.66. The molecule has 1 heterocycles. The molecular formula is C22H33N3O3. The molecule has 2 amide bonds. The van der Waals surface area contributed by atoms with Gasteiger partial charge in [-0.25, -0.2) is 0 Å². The van der Waals surface area contributed by atoms with Gasteiger partial charge in [-0.05, 0) is 37.8 Å². The molecule has 1 saturated carbocycles. The van der Waals surface area contributed by atoms with Gasteiger partial charge < -0.3 is 15.4 Å². The molecule has 0 radical (unpaired) electrons. The van der Waals surface area contributed by atoms with Crippen molar-refractivity contribution in [3.05, 3.63) is 35.9 Å². The summed E-state index contributed by atoms with van der Waals surface area (Å²) >= 11 is 0. The summed E-state index contributed by atoms with van der Waals surface area (Å²) in [5.74, 6) is -0.980. The average molecular weight is 388 g/mol. The molecule has 0 aromatic heterocycles. The van der Waals surface area contributed by atoms with Crippen LogP contribution in [-0.4, -0.2) is 55.5 Å². The predicted molar refractivity (Wildman–Crippen MR) is 109 cm³/mol. The van der Waals surface area contributed by atoms with Gasteiger partial charge in [-0.2, -0.15) is 0 Å². The number of hydrogen-bond donors (Lipinski definition) is 2. The third-order valence-electron chi connectivity index (χ3n) is 5.66. The average Bonchev–Trinajstić information content (AvgIpc) is 2.75. The molecule has 2 N–H and O–H groups in total. The van der Waals surface area contributed by atoms with Gasteiger partial charge in [0.2, 0.25) is 0 Å². The van der Waals surface area contributed by atoms with Gasteiger partial charge in [0.05, 0.1) is 12.7 Å². The molecule has 3 rings (SSSR count). The number of ether oxygens (including phenoxy) is 1. The van der Waals surface area contributed by atoms with E-state index in [4.69, 9.17) is 4.74 Å². The maximum absolute atomic E-state index is 11.9. The zero-order valence-corrected chi connectivity index (χ0v) is 16.7. The van der Waals surface area contributed by atoms with E-state index in [9.17, 15) is 9.59 Å². The number of benzene rings is 1. The van der Waals surface area contributed by atoms with E-state index >= 15 is 0 Å².